The van der Waals surface area contributed by atoms with Crippen molar-refractivity contribution in [1.82, 2.24) is 5.32 Å². The Kier molecular flexibility index (Phi) is 5.11. The lowest BCUT2D eigenvalue weighted by molar-refractivity contribution is -0.144. The summed E-state index contributed by atoms with van der Waals surface area (Å²) in [5.41, 5.74) is 0.470. The van der Waals surface area contributed by atoms with Gasteiger partial charge in [-0.05, 0) is 43.9 Å². The first-order valence-electron chi connectivity index (χ1n) is 7.36. The Morgan fingerprint density at radius 2 is 1.91 bits per heavy atom. The molecule has 1 fully saturated rings. The SMILES string of the molecule is CC(NC(=O)C1CCCC(C(=O)O)C1)c1ccc(F)c(F)c1. The van der Waals surface area contributed by atoms with Crippen molar-refractivity contribution in [1.29, 1.82) is 0 Å². The lowest BCUT2D eigenvalue weighted by Gasteiger charge is -2.27. The number of hydrogen-bond donors (Lipinski definition) is 2. The number of carboxylic acids is 1. The Morgan fingerprint density at radius 1 is 1.23 bits per heavy atom. The first-order chi connectivity index (χ1) is 10.4. The second-order valence-corrected chi connectivity index (χ2v) is 5.80. The van der Waals surface area contributed by atoms with E-state index in [-0.39, 0.29) is 11.8 Å². The number of rotatable bonds is 4. The van der Waals surface area contributed by atoms with Gasteiger partial charge in [-0.2, -0.15) is 0 Å². The summed E-state index contributed by atoms with van der Waals surface area (Å²) < 4.78 is 26.1. The van der Waals surface area contributed by atoms with Crippen LogP contribution in [0.2, 0.25) is 0 Å². The topological polar surface area (TPSA) is 66.4 Å². The smallest absolute Gasteiger partial charge is 0.306 e. The van der Waals surface area contributed by atoms with Crippen LogP contribution >= 0.6 is 0 Å². The minimum absolute atomic E-state index is 0.233. The predicted octanol–water partition coefficient (Wildman–Crippen LogP) is 3.03. The highest BCUT2D eigenvalue weighted by molar-refractivity contribution is 5.80. The Morgan fingerprint density at radius 3 is 2.55 bits per heavy atom. The molecular weight excluding hydrogens is 292 g/mol. The number of carbonyl (C=O) groups excluding carboxylic acids is 1. The number of nitrogens with one attached hydrogen (secondary N) is 1. The quantitative estimate of drug-likeness (QED) is 0.898. The maximum Gasteiger partial charge on any atom is 0.306 e. The molecule has 0 heterocycles. The Balaban J connectivity index is 1.98. The van der Waals surface area contributed by atoms with Crippen LogP contribution in [0.5, 0.6) is 0 Å². The zero-order valence-corrected chi connectivity index (χ0v) is 12.3. The fourth-order valence-corrected chi connectivity index (χ4v) is 2.85. The molecule has 1 saturated carbocycles. The highest BCUT2D eigenvalue weighted by Crippen LogP contribution is 2.30. The molecule has 1 aromatic rings. The number of hydrogen-bond acceptors (Lipinski definition) is 2. The molecule has 0 aromatic heterocycles. The van der Waals surface area contributed by atoms with Crippen molar-refractivity contribution in [2.45, 2.75) is 38.6 Å². The first kappa shape index (κ1) is 16.4. The summed E-state index contributed by atoms with van der Waals surface area (Å²) in [6, 6.07) is 3.03. The molecule has 4 nitrogen and oxygen atoms in total. The van der Waals surface area contributed by atoms with Gasteiger partial charge in [0.15, 0.2) is 11.6 Å². The molecular formula is C16H19F2NO3. The summed E-state index contributed by atoms with van der Waals surface area (Å²) in [5, 5.41) is 11.8. The molecule has 1 aliphatic carbocycles. The van der Waals surface area contributed by atoms with E-state index < -0.39 is 29.6 Å². The van der Waals surface area contributed by atoms with Crippen LogP contribution in [0, 0.1) is 23.5 Å². The molecule has 0 radical (unpaired) electrons. The third-order valence-electron chi connectivity index (χ3n) is 4.20. The van der Waals surface area contributed by atoms with Crippen molar-refractivity contribution >= 4 is 11.9 Å². The average Bonchev–Trinajstić information content (AvgIpc) is 2.50. The van der Waals surface area contributed by atoms with Crippen LogP contribution in [0.3, 0.4) is 0 Å². The van der Waals surface area contributed by atoms with Gasteiger partial charge in [0, 0.05) is 5.92 Å². The van der Waals surface area contributed by atoms with Crippen LogP contribution in [-0.4, -0.2) is 17.0 Å². The number of benzene rings is 1. The van der Waals surface area contributed by atoms with Gasteiger partial charge in [0.1, 0.15) is 0 Å². The van der Waals surface area contributed by atoms with Gasteiger partial charge in [-0.15, -0.1) is 0 Å². The molecule has 6 heteroatoms. The lowest BCUT2D eigenvalue weighted by atomic mass is 9.81. The van der Waals surface area contributed by atoms with Crippen LogP contribution in [0.25, 0.3) is 0 Å². The van der Waals surface area contributed by atoms with Crippen LogP contribution in [0.4, 0.5) is 8.78 Å². The summed E-state index contributed by atoms with van der Waals surface area (Å²) in [6.07, 6.45) is 2.28. The van der Waals surface area contributed by atoms with Crippen molar-refractivity contribution in [2.24, 2.45) is 11.8 Å². The van der Waals surface area contributed by atoms with E-state index in [9.17, 15) is 18.4 Å². The summed E-state index contributed by atoms with van der Waals surface area (Å²) in [4.78, 5) is 23.3. The van der Waals surface area contributed by atoms with Gasteiger partial charge in [-0.3, -0.25) is 9.59 Å². The maximum atomic E-state index is 13.2. The molecule has 3 atom stereocenters. The molecule has 1 aliphatic rings. The summed E-state index contributed by atoms with van der Waals surface area (Å²) >= 11 is 0. The summed E-state index contributed by atoms with van der Waals surface area (Å²) in [7, 11) is 0. The molecule has 2 N–H and O–H groups in total. The Labute approximate surface area is 127 Å². The number of carboxylic acid groups (broad SMARTS) is 1. The van der Waals surface area contributed by atoms with Gasteiger partial charge in [-0.1, -0.05) is 12.5 Å². The molecule has 120 valence electrons. The average molecular weight is 311 g/mol. The zero-order valence-electron chi connectivity index (χ0n) is 12.3. The molecule has 0 spiro atoms. The van der Waals surface area contributed by atoms with Gasteiger partial charge in [0.2, 0.25) is 5.91 Å². The normalized spacial score (nSPS) is 22.9. The predicted molar refractivity (Wildman–Crippen MR) is 76.0 cm³/mol. The van der Waals surface area contributed by atoms with Crippen molar-refractivity contribution in [2.75, 3.05) is 0 Å². The standard InChI is InChI=1S/C16H19F2NO3/c1-9(10-5-6-13(17)14(18)8-10)19-15(20)11-3-2-4-12(7-11)16(21)22/h5-6,8-9,11-12H,2-4,7H2,1H3,(H,19,20)(H,21,22). The van der Waals surface area contributed by atoms with E-state index in [1.165, 1.54) is 6.07 Å². The molecule has 0 bridgehead atoms. The van der Waals surface area contributed by atoms with E-state index in [0.29, 0.717) is 31.2 Å². The molecule has 1 amide bonds. The van der Waals surface area contributed by atoms with E-state index in [1.807, 2.05) is 0 Å². The third-order valence-corrected chi connectivity index (χ3v) is 4.20. The second kappa shape index (κ2) is 6.85. The minimum atomic E-state index is -0.956. The van der Waals surface area contributed by atoms with Crippen LogP contribution < -0.4 is 5.32 Å². The molecule has 1 aromatic carbocycles. The van der Waals surface area contributed by atoms with E-state index in [4.69, 9.17) is 5.11 Å². The summed E-state index contributed by atoms with van der Waals surface area (Å²) in [5.74, 6) is -3.82. The molecule has 0 aliphatic heterocycles. The van der Waals surface area contributed by atoms with Crippen molar-refractivity contribution in [3.8, 4) is 0 Å². The number of amides is 1. The third kappa shape index (κ3) is 3.81. The van der Waals surface area contributed by atoms with Crippen molar-refractivity contribution < 1.29 is 23.5 Å². The van der Waals surface area contributed by atoms with Gasteiger partial charge in [0.05, 0.1) is 12.0 Å². The molecule has 22 heavy (non-hydrogen) atoms. The second-order valence-electron chi connectivity index (χ2n) is 5.80. The minimum Gasteiger partial charge on any atom is -0.481 e. The van der Waals surface area contributed by atoms with E-state index in [2.05, 4.69) is 5.32 Å². The van der Waals surface area contributed by atoms with Crippen LogP contribution in [0.1, 0.15) is 44.2 Å². The van der Waals surface area contributed by atoms with Crippen molar-refractivity contribution in [3.63, 3.8) is 0 Å². The molecule has 3 unspecified atom stereocenters. The van der Waals surface area contributed by atoms with Crippen LogP contribution in [0.15, 0.2) is 18.2 Å². The molecule has 2 rings (SSSR count). The van der Waals surface area contributed by atoms with Gasteiger partial charge >= 0.3 is 5.97 Å². The van der Waals surface area contributed by atoms with Gasteiger partial charge < -0.3 is 10.4 Å². The van der Waals surface area contributed by atoms with Crippen LogP contribution in [-0.2, 0) is 9.59 Å². The van der Waals surface area contributed by atoms with E-state index in [0.717, 1.165) is 12.1 Å². The molecule has 0 saturated heterocycles. The highest BCUT2D eigenvalue weighted by atomic mass is 19.2. The number of halogens is 2. The monoisotopic (exact) mass is 311 g/mol. The van der Waals surface area contributed by atoms with Gasteiger partial charge in [0.25, 0.3) is 0 Å². The highest BCUT2D eigenvalue weighted by Gasteiger charge is 2.31. The van der Waals surface area contributed by atoms with E-state index in [1.54, 1.807) is 6.92 Å². The lowest BCUT2D eigenvalue weighted by Crippen LogP contribution is -2.36. The fraction of sp³-hybridized carbons (Fsp3) is 0.500. The largest absolute Gasteiger partial charge is 0.481 e. The number of aliphatic carboxylic acids is 1. The van der Waals surface area contributed by atoms with Crippen molar-refractivity contribution in [3.05, 3.63) is 35.4 Å². The fourth-order valence-electron chi connectivity index (χ4n) is 2.85. The Bertz CT molecular complexity index is 577. The Hall–Kier alpha value is -1.98. The summed E-state index contributed by atoms with van der Waals surface area (Å²) in [6.45, 7) is 1.68. The number of carbonyl (C=O) groups is 2. The van der Waals surface area contributed by atoms with Gasteiger partial charge in [-0.25, -0.2) is 8.78 Å². The maximum absolute atomic E-state index is 13.2. The zero-order chi connectivity index (χ0) is 16.3. The van der Waals surface area contributed by atoms with E-state index >= 15 is 0 Å². The first-order valence-corrected chi connectivity index (χ1v) is 7.36.